The van der Waals surface area contributed by atoms with Crippen LogP contribution in [0.3, 0.4) is 0 Å². The number of imidazole rings is 1. The molecule has 4 rings (SSSR count). The van der Waals surface area contributed by atoms with Gasteiger partial charge in [-0.15, -0.1) is 0 Å². The molecule has 0 aliphatic carbocycles. The van der Waals surface area contributed by atoms with E-state index >= 15 is 0 Å². The molecule has 1 N–H and O–H groups in total. The van der Waals surface area contributed by atoms with Crippen LogP contribution in [0, 0.1) is 0 Å². The Morgan fingerprint density at radius 2 is 1.74 bits per heavy atom. The summed E-state index contributed by atoms with van der Waals surface area (Å²) in [5.41, 5.74) is 3.50. The minimum absolute atomic E-state index is 0.127. The minimum atomic E-state index is -0.127. The summed E-state index contributed by atoms with van der Waals surface area (Å²) >= 11 is 17.0. The number of thioether (sulfide) groups is 1. The Labute approximate surface area is 202 Å². The Morgan fingerprint density at radius 1 is 1.00 bits per heavy atom. The number of nitrogens with one attached hydrogen (secondary N) is 1. The molecule has 0 saturated heterocycles. The van der Waals surface area contributed by atoms with E-state index < -0.39 is 0 Å². The van der Waals surface area contributed by atoms with E-state index in [9.17, 15) is 4.79 Å². The van der Waals surface area contributed by atoms with Crippen LogP contribution in [-0.4, -0.2) is 21.2 Å². The van der Waals surface area contributed by atoms with Crippen molar-refractivity contribution >= 4 is 62.5 Å². The largest absolute Gasteiger partial charge is 0.325 e. The average Bonchev–Trinajstić information content (AvgIpc) is 3.18. The summed E-state index contributed by atoms with van der Waals surface area (Å²) in [6.07, 6.45) is 1.81. The Balaban J connectivity index is 1.60. The predicted octanol–water partition coefficient (Wildman–Crippen LogP) is 7.34. The fraction of sp³-hybridized carbons (Fsp3) is 0.0435. The topological polar surface area (TPSA) is 46.9 Å². The average molecular weight is 533 g/mol. The van der Waals surface area contributed by atoms with Crippen LogP contribution in [-0.2, 0) is 4.79 Å². The second-order valence-electron chi connectivity index (χ2n) is 6.59. The number of hydrogen-bond acceptors (Lipinski definition) is 3. The number of halogens is 3. The summed E-state index contributed by atoms with van der Waals surface area (Å²) in [6.45, 7) is 0. The highest BCUT2D eigenvalue weighted by atomic mass is 79.9. The standard InChI is InChI=1S/C23H16BrCl2N3OS/c24-16-6-4-15(5-7-16)21-13-27-23(29(21)20-3-1-2-18(26)12-20)31-14-22(30)28-19-10-8-17(25)9-11-19/h1-13H,14H2,(H,28,30). The molecule has 0 saturated carbocycles. The second-order valence-corrected chi connectivity index (χ2v) is 9.32. The molecule has 1 amide bonds. The van der Waals surface area contributed by atoms with Gasteiger partial charge in [-0.2, -0.15) is 0 Å². The van der Waals surface area contributed by atoms with Crippen LogP contribution in [0.4, 0.5) is 5.69 Å². The van der Waals surface area contributed by atoms with Crippen LogP contribution >= 0.6 is 50.9 Å². The number of rotatable bonds is 6. The molecule has 0 spiro atoms. The van der Waals surface area contributed by atoms with Crippen molar-refractivity contribution < 1.29 is 4.79 Å². The first kappa shape index (κ1) is 22.0. The summed E-state index contributed by atoms with van der Waals surface area (Å²) in [5, 5.41) is 4.82. The summed E-state index contributed by atoms with van der Waals surface area (Å²) in [6, 6.07) is 22.6. The quantitative estimate of drug-likeness (QED) is 0.264. The van der Waals surface area contributed by atoms with E-state index in [4.69, 9.17) is 23.2 Å². The fourth-order valence-electron chi connectivity index (χ4n) is 2.99. The van der Waals surface area contributed by atoms with Gasteiger partial charge in [-0.3, -0.25) is 9.36 Å². The van der Waals surface area contributed by atoms with Gasteiger partial charge in [0.2, 0.25) is 5.91 Å². The van der Waals surface area contributed by atoms with Gasteiger partial charge in [0.05, 0.1) is 17.6 Å². The zero-order valence-electron chi connectivity index (χ0n) is 16.1. The first-order valence-electron chi connectivity index (χ1n) is 9.27. The normalized spacial score (nSPS) is 10.8. The number of aromatic nitrogens is 2. The molecule has 1 heterocycles. The van der Waals surface area contributed by atoms with E-state index in [1.165, 1.54) is 11.8 Å². The van der Waals surface area contributed by atoms with E-state index in [-0.39, 0.29) is 11.7 Å². The fourth-order valence-corrected chi connectivity index (χ4v) is 4.35. The van der Waals surface area contributed by atoms with Gasteiger partial charge in [0.15, 0.2) is 5.16 Å². The molecule has 4 aromatic rings. The molecular weight excluding hydrogens is 517 g/mol. The maximum absolute atomic E-state index is 12.5. The van der Waals surface area contributed by atoms with Crippen LogP contribution in [0.5, 0.6) is 0 Å². The van der Waals surface area contributed by atoms with Gasteiger partial charge in [-0.1, -0.05) is 69.1 Å². The molecule has 0 aliphatic rings. The van der Waals surface area contributed by atoms with Gasteiger partial charge >= 0.3 is 0 Å². The number of carbonyl (C=O) groups is 1. The maximum Gasteiger partial charge on any atom is 0.234 e. The number of hydrogen-bond donors (Lipinski definition) is 1. The Hall–Kier alpha value is -2.25. The summed E-state index contributed by atoms with van der Waals surface area (Å²) in [4.78, 5) is 17.0. The lowest BCUT2D eigenvalue weighted by Crippen LogP contribution is -2.14. The lowest BCUT2D eigenvalue weighted by atomic mass is 10.1. The number of benzene rings is 3. The van der Waals surface area contributed by atoms with E-state index in [0.717, 1.165) is 21.4 Å². The Morgan fingerprint density at radius 3 is 2.45 bits per heavy atom. The second kappa shape index (κ2) is 9.92. The van der Waals surface area contributed by atoms with Gasteiger partial charge in [-0.25, -0.2) is 4.98 Å². The molecule has 0 unspecified atom stereocenters. The van der Waals surface area contributed by atoms with Crippen LogP contribution in [0.15, 0.2) is 88.6 Å². The van der Waals surface area contributed by atoms with Gasteiger partial charge in [-0.05, 0) is 54.6 Å². The lowest BCUT2D eigenvalue weighted by Gasteiger charge is -2.13. The molecule has 0 fully saturated rings. The molecule has 8 heteroatoms. The molecule has 0 aliphatic heterocycles. The highest BCUT2D eigenvalue weighted by Gasteiger charge is 2.16. The number of nitrogens with zero attached hydrogens (tertiary/aromatic N) is 2. The van der Waals surface area contributed by atoms with E-state index in [2.05, 4.69) is 26.2 Å². The highest BCUT2D eigenvalue weighted by molar-refractivity contribution is 9.10. The van der Waals surface area contributed by atoms with Gasteiger partial charge in [0.25, 0.3) is 0 Å². The third kappa shape index (κ3) is 5.52. The van der Waals surface area contributed by atoms with Crippen LogP contribution in [0.25, 0.3) is 16.9 Å². The van der Waals surface area contributed by atoms with E-state index in [1.807, 2.05) is 59.3 Å². The first-order chi connectivity index (χ1) is 15.0. The van der Waals surface area contributed by atoms with Crippen LogP contribution in [0.1, 0.15) is 0 Å². The van der Waals surface area contributed by atoms with Crippen molar-refractivity contribution in [3.05, 3.63) is 93.5 Å². The van der Waals surface area contributed by atoms with Crippen molar-refractivity contribution in [1.29, 1.82) is 0 Å². The lowest BCUT2D eigenvalue weighted by molar-refractivity contribution is -0.113. The van der Waals surface area contributed by atoms with Crippen molar-refractivity contribution in [2.45, 2.75) is 5.16 Å². The number of carbonyl (C=O) groups excluding carboxylic acids is 1. The Bertz CT molecular complexity index is 1210. The summed E-state index contributed by atoms with van der Waals surface area (Å²) in [5.74, 6) is 0.0816. The number of anilines is 1. The highest BCUT2D eigenvalue weighted by Crippen LogP contribution is 2.31. The zero-order valence-corrected chi connectivity index (χ0v) is 20.0. The molecule has 1 aromatic heterocycles. The number of amides is 1. The minimum Gasteiger partial charge on any atom is -0.325 e. The van der Waals surface area contributed by atoms with Crippen LogP contribution < -0.4 is 5.32 Å². The molecule has 0 bridgehead atoms. The SMILES string of the molecule is O=C(CSc1ncc(-c2ccc(Br)cc2)n1-c1cccc(Cl)c1)Nc1ccc(Cl)cc1. The van der Waals surface area contributed by atoms with Crippen molar-refractivity contribution in [2.75, 3.05) is 11.1 Å². The van der Waals surface area contributed by atoms with Crippen LogP contribution in [0.2, 0.25) is 10.0 Å². The smallest absolute Gasteiger partial charge is 0.234 e. The summed E-state index contributed by atoms with van der Waals surface area (Å²) < 4.78 is 3.01. The third-order valence-electron chi connectivity index (χ3n) is 4.40. The molecule has 156 valence electrons. The monoisotopic (exact) mass is 531 g/mol. The predicted molar refractivity (Wildman–Crippen MR) is 133 cm³/mol. The van der Waals surface area contributed by atoms with Crippen molar-refractivity contribution in [2.24, 2.45) is 0 Å². The molecular formula is C23H16BrCl2N3OS. The first-order valence-corrected chi connectivity index (χ1v) is 11.8. The van der Waals surface area contributed by atoms with Crippen molar-refractivity contribution in [3.8, 4) is 16.9 Å². The molecule has 3 aromatic carbocycles. The zero-order chi connectivity index (χ0) is 21.8. The molecule has 4 nitrogen and oxygen atoms in total. The molecule has 0 atom stereocenters. The maximum atomic E-state index is 12.5. The van der Waals surface area contributed by atoms with Gasteiger partial charge in [0, 0.05) is 31.5 Å². The molecule has 31 heavy (non-hydrogen) atoms. The van der Waals surface area contributed by atoms with Gasteiger partial charge < -0.3 is 5.32 Å². The van der Waals surface area contributed by atoms with Crippen molar-refractivity contribution in [3.63, 3.8) is 0 Å². The summed E-state index contributed by atoms with van der Waals surface area (Å²) in [7, 11) is 0. The van der Waals surface area contributed by atoms with Gasteiger partial charge in [0.1, 0.15) is 0 Å². The Kier molecular flexibility index (Phi) is 7.02. The van der Waals surface area contributed by atoms with E-state index in [1.54, 1.807) is 24.3 Å². The third-order valence-corrected chi connectivity index (χ3v) is 6.36. The van der Waals surface area contributed by atoms with E-state index in [0.29, 0.717) is 20.9 Å². The molecule has 0 radical (unpaired) electrons. The van der Waals surface area contributed by atoms with Crippen molar-refractivity contribution in [1.82, 2.24) is 9.55 Å².